The van der Waals surface area contributed by atoms with Crippen LogP contribution in [0.15, 0.2) is 24.7 Å². The average molecular weight is 220 g/mol. The molecule has 0 aliphatic rings. The number of nitrogens with zero attached hydrogens (tertiary/aromatic N) is 3. The number of aryl methyl sites for hydroxylation is 1. The van der Waals surface area contributed by atoms with E-state index in [0.717, 1.165) is 16.0 Å². The smallest absolute Gasteiger partial charge is 0.0716 e. The summed E-state index contributed by atoms with van der Waals surface area (Å²) >= 11 is 1.40. The Balaban J connectivity index is 2.35. The van der Waals surface area contributed by atoms with Crippen molar-refractivity contribution < 1.29 is 0 Å². The third kappa shape index (κ3) is 2.19. The molecule has 0 saturated heterocycles. The molecule has 1 N–H and O–H groups in total. The maximum Gasteiger partial charge on any atom is 0.0716 e. The fourth-order valence-electron chi connectivity index (χ4n) is 1.51. The van der Waals surface area contributed by atoms with Crippen molar-refractivity contribution in [1.82, 2.24) is 19.9 Å². The highest BCUT2D eigenvalue weighted by Crippen LogP contribution is 2.23. The van der Waals surface area contributed by atoms with E-state index in [1.165, 1.54) is 11.5 Å². The number of hydrogen-bond acceptors (Lipinski definition) is 5. The summed E-state index contributed by atoms with van der Waals surface area (Å²) in [5.41, 5.74) is 2.30. The molecule has 1 atom stereocenters. The van der Waals surface area contributed by atoms with Gasteiger partial charge in [-0.15, -0.1) is 5.10 Å². The van der Waals surface area contributed by atoms with Crippen molar-refractivity contribution in [2.75, 3.05) is 7.05 Å². The standard InChI is InChI=1S/C10H12N4S/c1-7-3-8(5-12-4-7)10(11-2)9-6-13-14-15-9/h3-6,10-11H,1-2H3. The molecule has 2 rings (SSSR count). The molecule has 2 aromatic heterocycles. The second-order valence-electron chi connectivity index (χ2n) is 3.34. The van der Waals surface area contributed by atoms with E-state index in [1.54, 1.807) is 6.20 Å². The van der Waals surface area contributed by atoms with Crippen molar-refractivity contribution >= 4 is 11.5 Å². The minimum atomic E-state index is 0.136. The van der Waals surface area contributed by atoms with E-state index in [1.807, 2.05) is 26.4 Å². The largest absolute Gasteiger partial charge is 0.309 e. The van der Waals surface area contributed by atoms with E-state index in [0.29, 0.717) is 0 Å². The lowest BCUT2D eigenvalue weighted by atomic mass is 10.1. The third-order valence-corrected chi connectivity index (χ3v) is 2.91. The van der Waals surface area contributed by atoms with Gasteiger partial charge in [-0.3, -0.25) is 4.98 Å². The van der Waals surface area contributed by atoms with Crippen LogP contribution < -0.4 is 5.32 Å². The van der Waals surface area contributed by atoms with Gasteiger partial charge in [0.1, 0.15) is 0 Å². The number of rotatable bonds is 3. The summed E-state index contributed by atoms with van der Waals surface area (Å²) in [5.74, 6) is 0. The van der Waals surface area contributed by atoms with E-state index in [-0.39, 0.29) is 6.04 Å². The molecule has 0 bridgehead atoms. The predicted octanol–water partition coefficient (Wildman–Crippen LogP) is 1.55. The lowest BCUT2D eigenvalue weighted by Crippen LogP contribution is -2.16. The minimum absolute atomic E-state index is 0.136. The Bertz CT molecular complexity index is 427. The van der Waals surface area contributed by atoms with E-state index >= 15 is 0 Å². The van der Waals surface area contributed by atoms with Gasteiger partial charge in [0.2, 0.25) is 0 Å². The zero-order valence-corrected chi connectivity index (χ0v) is 9.45. The van der Waals surface area contributed by atoms with Crippen molar-refractivity contribution in [3.8, 4) is 0 Å². The van der Waals surface area contributed by atoms with E-state index in [2.05, 4.69) is 26.0 Å². The summed E-state index contributed by atoms with van der Waals surface area (Å²) < 4.78 is 3.87. The lowest BCUT2D eigenvalue weighted by Gasteiger charge is -2.13. The number of aromatic nitrogens is 3. The first kappa shape index (κ1) is 10.2. The normalized spacial score (nSPS) is 12.7. The summed E-state index contributed by atoms with van der Waals surface area (Å²) in [6.07, 6.45) is 5.50. The van der Waals surface area contributed by atoms with Crippen molar-refractivity contribution in [2.45, 2.75) is 13.0 Å². The highest BCUT2D eigenvalue weighted by molar-refractivity contribution is 7.05. The van der Waals surface area contributed by atoms with Crippen LogP contribution in [0.5, 0.6) is 0 Å². The second-order valence-corrected chi connectivity index (χ2v) is 4.15. The van der Waals surface area contributed by atoms with Gasteiger partial charge in [0, 0.05) is 12.4 Å². The van der Waals surface area contributed by atoms with E-state index in [9.17, 15) is 0 Å². The molecule has 0 aromatic carbocycles. The van der Waals surface area contributed by atoms with Gasteiger partial charge in [-0.05, 0) is 36.6 Å². The molecule has 5 heteroatoms. The van der Waals surface area contributed by atoms with Crippen LogP contribution in [0.25, 0.3) is 0 Å². The Morgan fingerprint density at radius 3 is 2.80 bits per heavy atom. The van der Waals surface area contributed by atoms with Gasteiger partial charge < -0.3 is 5.32 Å². The predicted molar refractivity (Wildman–Crippen MR) is 59.8 cm³/mol. The topological polar surface area (TPSA) is 50.7 Å². The molecule has 0 aliphatic heterocycles. The van der Waals surface area contributed by atoms with Crippen LogP contribution in [0, 0.1) is 6.92 Å². The molecule has 0 amide bonds. The van der Waals surface area contributed by atoms with Crippen LogP contribution in [0.3, 0.4) is 0 Å². The lowest BCUT2D eigenvalue weighted by molar-refractivity contribution is 0.698. The molecule has 0 spiro atoms. The number of hydrogen-bond donors (Lipinski definition) is 1. The zero-order valence-electron chi connectivity index (χ0n) is 8.64. The Morgan fingerprint density at radius 1 is 1.33 bits per heavy atom. The fourth-order valence-corrected chi connectivity index (χ4v) is 2.15. The molecule has 0 aliphatic carbocycles. The van der Waals surface area contributed by atoms with Crippen molar-refractivity contribution in [2.24, 2.45) is 0 Å². The second kappa shape index (κ2) is 4.46. The fraction of sp³-hybridized carbons (Fsp3) is 0.300. The van der Waals surface area contributed by atoms with Gasteiger partial charge in [0.05, 0.1) is 17.1 Å². The van der Waals surface area contributed by atoms with Crippen LogP contribution >= 0.6 is 11.5 Å². The highest BCUT2D eigenvalue weighted by Gasteiger charge is 2.14. The summed E-state index contributed by atoms with van der Waals surface area (Å²) in [5, 5.41) is 7.09. The van der Waals surface area contributed by atoms with Crippen LogP contribution in [0.1, 0.15) is 22.0 Å². The van der Waals surface area contributed by atoms with Gasteiger partial charge >= 0.3 is 0 Å². The van der Waals surface area contributed by atoms with Crippen LogP contribution in [-0.2, 0) is 0 Å². The minimum Gasteiger partial charge on any atom is -0.309 e. The Hall–Kier alpha value is -1.33. The van der Waals surface area contributed by atoms with Crippen LogP contribution in [-0.4, -0.2) is 21.6 Å². The van der Waals surface area contributed by atoms with E-state index in [4.69, 9.17) is 0 Å². The Labute approximate surface area is 92.5 Å². The number of nitrogens with one attached hydrogen (secondary N) is 1. The van der Waals surface area contributed by atoms with Crippen molar-refractivity contribution in [3.63, 3.8) is 0 Å². The molecule has 78 valence electrons. The summed E-state index contributed by atoms with van der Waals surface area (Å²) in [7, 11) is 1.92. The average Bonchev–Trinajstić information content (AvgIpc) is 2.72. The maximum atomic E-state index is 4.19. The summed E-state index contributed by atoms with van der Waals surface area (Å²) in [6.45, 7) is 2.04. The first-order valence-corrected chi connectivity index (χ1v) is 5.44. The Morgan fingerprint density at radius 2 is 2.20 bits per heavy atom. The SMILES string of the molecule is CNC(c1cncc(C)c1)c1cnns1. The summed E-state index contributed by atoms with van der Waals surface area (Å²) in [6, 6.07) is 2.26. The molecule has 0 radical (unpaired) electrons. The third-order valence-electron chi connectivity index (χ3n) is 2.18. The quantitative estimate of drug-likeness (QED) is 0.852. The summed E-state index contributed by atoms with van der Waals surface area (Å²) in [4.78, 5) is 5.29. The van der Waals surface area contributed by atoms with Crippen molar-refractivity contribution in [1.29, 1.82) is 0 Å². The van der Waals surface area contributed by atoms with Gasteiger partial charge in [-0.25, -0.2) is 0 Å². The molecule has 0 saturated carbocycles. The molecular formula is C10H12N4S. The molecule has 2 heterocycles. The maximum absolute atomic E-state index is 4.19. The highest BCUT2D eigenvalue weighted by atomic mass is 32.1. The Kier molecular flexibility index (Phi) is 3.03. The molecule has 4 nitrogen and oxygen atoms in total. The molecule has 2 aromatic rings. The van der Waals surface area contributed by atoms with Gasteiger partial charge in [0.25, 0.3) is 0 Å². The van der Waals surface area contributed by atoms with Crippen LogP contribution in [0.4, 0.5) is 0 Å². The van der Waals surface area contributed by atoms with Crippen LogP contribution in [0.2, 0.25) is 0 Å². The molecule has 15 heavy (non-hydrogen) atoms. The first-order valence-electron chi connectivity index (χ1n) is 4.67. The van der Waals surface area contributed by atoms with Gasteiger partial charge in [-0.1, -0.05) is 10.6 Å². The number of pyridine rings is 1. The monoisotopic (exact) mass is 220 g/mol. The molecule has 1 unspecified atom stereocenters. The zero-order chi connectivity index (χ0) is 10.7. The molecule has 0 fully saturated rings. The van der Waals surface area contributed by atoms with E-state index < -0.39 is 0 Å². The van der Waals surface area contributed by atoms with Crippen molar-refractivity contribution in [3.05, 3.63) is 40.7 Å². The van der Waals surface area contributed by atoms with Gasteiger partial charge in [-0.2, -0.15) is 0 Å². The first-order chi connectivity index (χ1) is 7.31. The van der Waals surface area contributed by atoms with Gasteiger partial charge in [0.15, 0.2) is 0 Å². The molecular weight excluding hydrogens is 208 g/mol.